The molecule has 1 unspecified atom stereocenters. The second-order valence-electron chi connectivity index (χ2n) is 3.39. The van der Waals surface area contributed by atoms with Gasteiger partial charge >= 0.3 is 5.97 Å². The quantitative estimate of drug-likeness (QED) is 0.554. The van der Waals surface area contributed by atoms with Gasteiger partial charge in [-0.2, -0.15) is 5.10 Å². The number of carbonyl (C=O) groups excluding carboxylic acids is 1. The van der Waals surface area contributed by atoms with Gasteiger partial charge in [0.1, 0.15) is 11.6 Å². The van der Waals surface area contributed by atoms with Gasteiger partial charge in [0.15, 0.2) is 5.78 Å². The van der Waals surface area contributed by atoms with Crippen molar-refractivity contribution in [3.63, 3.8) is 0 Å². The van der Waals surface area contributed by atoms with E-state index in [1.807, 2.05) is 0 Å². The molecule has 0 aliphatic rings. The maximum Gasteiger partial charge on any atom is 0.314 e. The molecule has 0 bridgehead atoms. The smallest absolute Gasteiger partial charge is 0.314 e. The number of aromatic amines is 1. The van der Waals surface area contributed by atoms with Crippen LogP contribution in [-0.2, 0) is 4.79 Å². The van der Waals surface area contributed by atoms with Gasteiger partial charge in [-0.15, -0.1) is 0 Å². The highest BCUT2D eigenvalue weighted by Crippen LogP contribution is 2.16. The summed E-state index contributed by atoms with van der Waals surface area (Å²) >= 11 is 0. The van der Waals surface area contributed by atoms with E-state index in [4.69, 9.17) is 5.11 Å². The summed E-state index contributed by atoms with van der Waals surface area (Å²) in [4.78, 5) is 22.5. The van der Waals surface area contributed by atoms with E-state index in [0.717, 1.165) is 0 Å². The molecule has 2 N–H and O–H groups in total. The normalized spacial score (nSPS) is 12.8. The molecule has 0 spiro atoms. The van der Waals surface area contributed by atoms with Crippen LogP contribution in [0.25, 0.3) is 0 Å². The Balaban J connectivity index is 2.91. The van der Waals surface area contributed by atoms with Crippen molar-refractivity contribution in [2.45, 2.75) is 13.8 Å². The minimum atomic E-state index is -1.10. The molecule has 76 valence electrons. The van der Waals surface area contributed by atoms with Crippen LogP contribution in [-0.4, -0.2) is 27.1 Å². The van der Waals surface area contributed by atoms with Gasteiger partial charge in [0.05, 0.1) is 0 Å². The zero-order chi connectivity index (χ0) is 10.7. The molecule has 1 rings (SSSR count). The second-order valence-corrected chi connectivity index (χ2v) is 3.39. The van der Waals surface area contributed by atoms with Crippen LogP contribution >= 0.6 is 0 Å². The number of nitrogens with one attached hydrogen (secondary N) is 1. The number of aliphatic carboxylic acids is 1. The van der Waals surface area contributed by atoms with Gasteiger partial charge in [-0.3, -0.25) is 14.7 Å². The SMILES string of the molecule is CC(C)C(C(=O)O)C(=O)c1ccn[nH]1. The zero-order valence-corrected chi connectivity index (χ0v) is 8.02. The first-order chi connectivity index (χ1) is 6.54. The minimum Gasteiger partial charge on any atom is -0.481 e. The van der Waals surface area contributed by atoms with Crippen molar-refractivity contribution in [3.05, 3.63) is 18.0 Å². The van der Waals surface area contributed by atoms with E-state index in [0.29, 0.717) is 0 Å². The molecule has 0 radical (unpaired) electrons. The number of hydrogen-bond donors (Lipinski definition) is 2. The summed E-state index contributed by atoms with van der Waals surface area (Å²) in [7, 11) is 0. The summed E-state index contributed by atoms with van der Waals surface area (Å²) in [5.41, 5.74) is 0.242. The van der Waals surface area contributed by atoms with Crippen molar-refractivity contribution in [1.29, 1.82) is 0 Å². The summed E-state index contributed by atoms with van der Waals surface area (Å²) < 4.78 is 0. The molecule has 1 heterocycles. The average Bonchev–Trinajstić information content (AvgIpc) is 2.53. The van der Waals surface area contributed by atoms with Gasteiger partial charge in [0.25, 0.3) is 0 Å². The van der Waals surface area contributed by atoms with Crippen LogP contribution in [0.3, 0.4) is 0 Å². The molecule has 0 amide bonds. The third-order valence-electron chi connectivity index (χ3n) is 1.98. The molecule has 1 aromatic rings. The van der Waals surface area contributed by atoms with Crippen LogP contribution in [0.15, 0.2) is 12.3 Å². The molecule has 1 atom stereocenters. The third kappa shape index (κ3) is 1.99. The Hall–Kier alpha value is -1.65. The Labute approximate surface area is 81.1 Å². The first-order valence-electron chi connectivity index (χ1n) is 4.30. The molecule has 5 nitrogen and oxygen atoms in total. The number of H-pyrrole nitrogens is 1. The van der Waals surface area contributed by atoms with Crippen LogP contribution < -0.4 is 0 Å². The lowest BCUT2D eigenvalue weighted by molar-refractivity contribution is -0.141. The third-order valence-corrected chi connectivity index (χ3v) is 1.98. The fourth-order valence-corrected chi connectivity index (χ4v) is 1.26. The summed E-state index contributed by atoms with van der Waals surface area (Å²) in [6, 6.07) is 1.47. The molecular weight excluding hydrogens is 184 g/mol. The number of ketones is 1. The number of carboxylic acid groups (broad SMARTS) is 1. The molecule has 0 aliphatic heterocycles. The lowest BCUT2D eigenvalue weighted by atomic mass is 9.90. The lowest BCUT2D eigenvalue weighted by Gasteiger charge is -2.13. The van der Waals surface area contributed by atoms with Crippen LogP contribution in [0.5, 0.6) is 0 Å². The first-order valence-corrected chi connectivity index (χ1v) is 4.30. The van der Waals surface area contributed by atoms with Crippen molar-refractivity contribution in [2.24, 2.45) is 11.8 Å². The summed E-state index contributed by atoms with van der Waals surface area (Å²) in [6.07, 6.45) is 1.42. The van der Waals surface area contributed by atoms with E-state index in [9.17, 15) is 9.59 Å². The molecule has 0 fully saturated rings. The highest BCUT2D eigenvalue weighted by molar-refractivity contribution is 6.07. The molecular formula is C9H12N2O3. The highest BCUT2D eigenvalue weighted by Gasteiger charge is 2.30. The first kappa shape index (κ1) is 10.4. The standard InChI is InChI=1S/C9H12N2O3/c1-5(2)7(9(13)14)8(12)6-3-4-10-11-6/h3-5,7H,1-2H3,(H,10,11)(H,13,14). The van der Waals surface area contributed by atoms with Crippen molar-refractivity contribution >= 4 is 11.8 Å². The molecule has 0 saturated carbocycles. The van der Waals surface area contributed by atoms with Gasteiger partial charge < -0.3 is 5.11 Å². The Morgan fingerprint density at radius 2 is 2.14 bits per heavy atom. The fourth-order valence-electron chi connectivity index (χ4n) is 1.26. The largest absolute Gasteiger partial charge is 0.481 e. The summed E-state index contributed by atoms with van der Waals surface area (Å²) in [5, 5.41) is 14.9. The van der Waals surface area contributed by atoms with E-state index in [1.54, 1.807) is 13.8 Å². The highest BCUT2D eigenvalue weighted by atomic mass is 16.4. The Kier molecular flexibility index (Phi) is 3.01. The van der Waals surface area contributed by atoms with Crippen molar-refractivity contribution < 1.29 is 14.7 Å². The van der Waals surface area contributed by atoms with Crippen LogP contribution in [0.1, 0.15) is 24.3 Å². The number of Topliss-reactive ketones (excluding diaryl/α,β-unsaturated/α-hetero) is 1. The maximum atomic E-state index is 11.6. The predicted octanol–water partition coefficient (Wildman–Crippen LogP) is 0.949. The molecule has 14 heavy (non-hydrogen) atoms. The van der Waals surface area contributed by atoms with Crippen LogP contribution in [0.4, 0.5) is 0 Å². The lowest BCUT2D eigenvalue weighted by Crippen LogP contribution is -2.29. The molecule has 0 aromatic carbocycles. The van der Waals surface area contributed by atoms with Crippen LogP contribution in [0.2, 0.25) is 0 Å². The van der Waals surface area contributed by atoms with Crippen molar-refractivity contribution in [1.82, 2.24) is 10.2 Å². The van der Waals surface area contributed by atoms with E-state index in [1.165, 1.54) is 12.3 Å². The van der Waals surface area contributed by atoms with Gasteiger partial charge in [-0.05, 0) is 12.0 Å². The molecule has 5 heteroatoms. The average molecular weight is 196 g/mol. The number of carboxylic acids is 1. The van der Waals surface area contributed by atoms with Crippen LogP contribution in [0, 0.1) is 11.8 Å². The molecule has 0 aliphatic carbocycles. The minimum absolute atomic E-state index is 0.233. The Morgan fingerprint density at radius 3 is 2.50 bits per heavy atom. The monoisotopic (exact) mass is 196 g/mol. The number of hydrogen-bond acceptors (Lipinski definition) is 3. The van der Waals surface area contributed by atoms with E-state index in [-0.39, 0.29) is 11.6 Å². The Morgan fingerprint density at radius 1 is 1.50 bits per heavy atom. The topological polar surface area (TPSA) is 83.0 Å². The number of carbonyl (C=O) groups is 2. The number of rotatable bonds is 4. The van der Waals surface area contributed by atoms with Gasteiger partial charge in [-0.1, -0.05) is 13.8 Å². The predicted molar refractivity (Wildman–Crippen MR) is 48.9 cm³/mol. The fraction of sp³-hybridized carbons (Fsp3) is 0.444. The molecule has 0 saturated heterocycles. The van der Waals surface area contributed by atoms with Crippen molar-refractivity contribution in [2.75, 3.05) is 0 Å². The van der Waals surface area contributed by atoms with Crippen molar-refractivity contribution in [3.8, 4) is 0 Å². The second kappa shape index (κ2) is 4.04. The van der Waals surface area contributed by atoms with E-state index in [2.05, 4.69) is 10.2 Å². The van der Waals surface area contributed by atoms with E-state index < -0.39 is 17.7 Å². The maximum absolute atomic E-state index is 11.6. The van der Waals surface area contributed by atoms with Gasteiger partial charge in [0.2, 0.25) is 0 Å². The molecule has 1 aromatic heterocycles. The summed E-state index contributed by atoms with van der Waals surface area (Å²) in [5.74, 6) is -2.76. The van der Waals surface area contributed by atoms with Gasteiger partial charge in [0, 0.05) is 6.20 Å². The number of nitrogens with zero attached hydrogens (tertiary/aromatic N) is 1. The van der Waals surface area contributed by atoms with Gasteiger partial charge in [-0.25, -0.2) is 0 Å². The summed E-state index contributed by atoms with van der Waals surface area (Å²) in [6.45, 7) is 3.40. The zero-order valence-electron chi connectivity index (χ0n) is 8.02. The van der Waals surface area contributed by atoms with E-state index >= 15 is 0 Å². The Bertz CT molecular complexity index is 330. The number of aromatic nitrogens is 2.